The minimum atomic E-state index is -3.84. The largest absolute Gasteiger partial charge is 0.465 e. The fourth-order valence-corrected chi connectivity index (χ4v) is 5.56. The number of carbonyl (C=O) groups excluding carboxylic acids is 1. The molecule has 0 atom stereocenters. The minimum Gasteiger partial charge on any atom is -0.465 e. The molecule has 0 bridgehead atoms. The van der Waals surface area contributed by atoms with Crippen molar-refractivity contribution < 1.29 is 23.1 Å². The highest BCUT2D eigenvalue weighted by molar-refractivity contribution is 7.89. The van der Waals surface area contributed by atoms with Crippen molar-refractivity contribution in [2.45, 2.75) is 24.3 Å². The summed E-state index contributed by atoms with van der Waals surface area (Å²) in [4.78, 5) is 30.8. The zero-order chi connectivity index (χ0) is 25.8. The number of hydrogen-bond acceptors (Lipinski definition) is 5. The predicted octanol–water partition coefficient (Wildman–Crippen LogP) is 3.79. The third-order valence-corrected chi connectivity index (χ3v) is 8.43. The van der Waals surface area contributed by atoms with E-state index in [1.54, 1.807) is 24.1 Å². The Morgan fingerprint density at radius 2 is 1.80 bits per heavy atom. The summed E-state index contributed by atoms with van der Waals surface area (Å²) in [6.07, 6.45) is -0.534. The molecule has 1 N–H and O–H groups in total. The molecule has 0 saturated carbocycles. The Balaban J connectivity index is 1.52. The molecular formula is C23H26Cl2N4O5S. The van der Waals surface area contributed by atoms with Gasteiger partial charge in [-0.05, 0) is 24.1 Å². The molecule has 0 saturated heterocycles. The zero-order valence-corrected chi connectivity index (χ0v) is 21.6. The predicted molar refractivity (Wildman–Crippen MR) is 135 cm³/mol. The topological polar surface area (TPSA) is 111 Å². The number of amides is 2. The molecule has 0 radical (unpaired) electrons. The molecule has 188 valence electrons. The number of hydrogen-bond donors (Lipinski definition) is 1. The summed E-state index contributed by atoms with van der Waals surface area (Å²) in [7, 11) is -0.728. The number of benzene rings is 2. The van der Waals surface area contributed by atoms with Crippen LogP contribution < -0.4 is 0 Å². The van der Waals surface area contributed by atoms with Crippen LogP contribution in [0, 0.1) is 0 Å². The highest BCUT2D eigenvalue weighted by atomic mass is 35.5. The maximum atomic E-state index is 12.8. The molecule has 0 unspecified atom stereocenters. The van der Waals surface area contributed by atoms with Gasteiger partial charge in [-0.15, -0.1) is 0 Å². The van der Waals surface area contributed by atoms with Gasteiger partial charge in [-0.3, -0.25) is 14.7 Å². The first-order chi connectivity index (χ1) is 16.5. The van der Waals surface area contributed by atoms with Crippen molar-refractivity contribution >= 4 is 51.1 Å². The zero-order valence-electron chi connectivity index (χ0n) is 19.3. The van der Waals surface area contributed by atoms with E-state index in [0.29, 0.717) is 37.5 Å². The Bertz CT molecular complexity index is 1230. The standard InChI is InChI=1S/C23H26Cl2N4O5S/c1-27(15-16-8-10-17(11-9-16)22-26-12-14-29(22)23(31)32)20(30)7-4-13-28(2)35(33,34)19-6-3-5-18(24)21(19)25/h3,5-6,8-11H,4,7,12-15H2,1-2H3,(H,31,32). The Labute approximate surface area is 214 Å². The number of halogens is 2. The molecule has 2 aromatic rings. The van der Waals surface area contributed by atoms with Gasteiger partial charge in [0, 0.05) is 39.2 Å². The number of amidine groups is 1. The fraction of sp³-hybridized carbons (Fsp3) is 0.348. The van der Waals surface area contributed by atoms with Crippen LogP contribution in [0.5, 0.6) is 0 Å². The summed E-state index contributed by atoms with van der Waals surface area (Å²) in [5, 5.41) is 9.39. The summed E-state index contributed by atoms with van der Waals surface area (Å²) < 4.78 is 26.7. The average molecular weight is 541 g/mol. The van der Waals surface area contributed by atoms with Crippen molar-refractivity contribution in [3.8, 4) is 0 Å². The summed E-state index contributed by atoms with van der Waals surface area (Å²) >= 11 is 12.0. The Morgan fingerprint density at radius 3 is 2.46 bits per heavy atom. The van der Waals surface area contributed by atoms with Gasteiger partial charge in [-0.25, -0.2) is 17.5 Å². The molecule has 0 spiro atoms. The third-order valence-electron chi connectivity index (χ3n) is 5.60. The van der Waals surface area contributed by atoms with Crippen molar-refractivity contribution in [2.75, 3.05) is 33.7 Å². The third kappa shape index (κ3) is 6.32. The highest BCUT2D eigenvalue weighted by Crippen LogP contribution is 2.30. The lowest BCUT2D eigenvalue weighted by molar-refractivity contribution is -0.130. The number of nitrogens with zero attached hydrogens (tertiary/aromatic N) is 4. The van der Waals surface area contributed by atoms with Crippen LogP contribution in [-0.2, 0) is 21.4 Å². The molecular weight excluding hydrogens is 515 g/mol. The molecule has 35 heavy (non-hydrogen) atoms. The molecule has 3 rings (SSSR count). The van der Waals surface area contributed by atoms with Crippen LogP contribution in [0.4, 0.5) is 4.79 Å². The SMILES string of the molecule is CN(Cc1ccc(C2=NCCN2C(=O)O)cc1)C(=O)CCCN(C)S(=O)(=O)c1cccc(Cl)c1Cl. The van der Waals surface area contributed by atoms with Gasteiger partial charge >= 0.3 is 6.09 Å². The van der Waals surface area contributed by atoms with Crippen LogP contribution >= 0.6 is 23.2 Å². The van der Waals surface area contributed by atoms with Gasteiger partial charge in [0.1, 0.15) is 10.7 Å². The van der Waals surface area contributed by atoms with Gasteiger partial charge in [0.05, 0.1) is 23.1 Å². The molecule has 0 aliphatic carbocycles. The quantitative estimate of drug-likeness (QED) is 0.520. The van der Waals surface area contributed by atoms with Gasteiger partial charge in [0.15, 0.2) is 0 Å². The van der Waals surface area contributed by atoms with Crippen LogP contribution in [0.1, 0.15) is 24.0 Å². The smallest absolute Gasteiger partial charge is 0.413 e. The lowest BCUT2D eigenvalue weighted by atomic mass is 10.1. The van der Waals surface area contributed by atoms with Crippen LogP contribution in [0.15, 0.2) is 52.4 Å². The van der Waals surface area contributed by atoms with Crippen LogP contribution in [0.2, 0.25) is 10.0 Å². The number of carbonyl (C=O) groups is 2. The van der Waals surface area contributed by atoms with Crippen molar-refractivity contribution in [3.63, 3.8) is 0 Å². The van der Waals surface area contributed by atoms with Crippen molar-refractivity contribution in [1.82, 2.24) is 14.1 Å². The van der Waals surface area contributed by atoms with E-state index in [1.165, 1.54) is 30.1 Å². The first-order valence-corrected chi connectivity index (χ1v) is 13.0. The average Bonchev–Trinajstić information content (AvgIpc) is 3.31. The summed E-state index contributed by atoms with van der Waals surface area (Å²) in [5.74, 6) is 0.296. The monoisotopic (exact) mass is 540 g/mol. The second kappa shape index (κ2) is 11.4. The second-order valence-electron chi connectivity index (χ2n) is 8.07. The Kier molecular flexibility index (Phi) is 8.76. The van der Waals surface area contributed by atoms with Gasteiger partial charge in [-0.1, -0.05) is 53.5 Å². The lowest BCUT2D eigenvalue weighted by Gasteiger charge is -2.20. The van der Waals surface area contributed by atoms with Gasteiger partial charge in [-0.2, -0.15) is 0 Å². The minimum absolute atomic E-state index is 0.0292. The molecule has 0 fully saturated rings. The fourth-order valence-electron chi connectivity index (χ4n) is 3.62. The van der Waals surface area contributed by atoms with Gasteiger partial charge in [0.2, 0.25) is 15.9 Å². The first-order valence-electron chi connectivity index (χ1n) is 10.8. The summed E-state index contributed by atoms with van der Waals surface area (Å²) in [6.45, 7) is 1.28. The highest BCUT2D eigenvalue weighted by Gasteiger charge is 2.25. The van der Waals surface area contributed by atoms with Gasteiger partial charge < -0.3 is 10.0 Å². The van der Waals surface area contributed by atoms with E-state index in [0.717, 1.165) is 9.87 Å². The molecule has 9 nitrogen and oxygen atoms in total. The van der Waals surface area contributed by atoms with E-state index in [1.807, 2.05) is 12.1 Å². The Hall–Kier alpha value is -2.66. The normalized spacial score (nSPS) is 13.7. The Morgan fingerprint density at radius 1 is 1.11 bits per heavy atom. The number of carboxylic acid groups (broad SMARTS) is 1. The van der Waals surface area contributed by atoms with Crippen LogP contribution in [0.25, 0.3) is 0 Å². The molecule has 12 heteroatoms. The molecule has 2 amide bonds. The second-order valence-corrected chi connectivity index (χ2v) is 10.9. The molecule has 1 aliphatic heterocycles. The van der Waals surface area contributed by atoms with Gasteiger partial charge in [0.25, 0.3) is 0 Å². The van der Waals surface area contributed by atoms with Crippen molar-refractivity contribution in [3.05, 3.63) is 63.6 Å². The number of aliphatic imine (C=N–C) groups is 1. The van der Waals surface area contributed by atoms with Crippen LogP contribution in [0.3, 0.4) is 0 Å². The van der Waals surface area contributed by atoms with E-state index in [2.05, 4.69) is 4.99 Å². The maximum Gasteiger partial charge on any atom is 0.413 e. The van der Waals surface area contributed by atoms with E-state index < -0.39 is 16.1 Å². The first kappa shape index (κ1) is 26.9. The summed E-state index contributed by atoms with van der Waals surface area (Å²) in [5.41, 5.74) is 1.58. The number of sulfonamides is 1. The van der Waals surface area contributed by atoms with Crippen molar-refractivity contribution in [2.24, 2.45) is 4.99 Å². The van der Waals surface area contributed by atoms with Crippen LogP contribution in [-0.4, -0.2) is 79.2 Å². The molecule has 1 aliphatic rings. The van der Waals surface area contributed by atoms with Crippen molar-refractivity contribution in [1.29, 1.82) is 0 Å². The van der Waals surface area contributed by atoms with E-state index in [9.17, 15) is 23.1 Å². The van der Waals surface area contributed by atoms with E-state index in [-0.39, 0.29) is 33.8 Å². The summed E-state index contributed by atoms with van der Waals surface area (Å²) in [6, 6.07) is 11.7. The lowest BCUT2D eigenvalue weighted by Crippen LogP contribution is -2.33. The molecule has 0 aromatic heterocycles. The van der Waals surface area contributed by atoms with E-state index in [4.69, 9.17) is 23.2 Å². The molecule has 2 aromatic carbocycles. The maximum absolute atomic E-state index is 12.8. The number of rotatable bonds is 9. The van der Waals surface area contributed by atoms with E-state index >= 15 is 0 Å². The molecule has 1 heterocycles.